The second-order valence-corrected chi connectivity index (χ2v) is 8.50. The third-order valence-corrected chi connectivity index (χ3v) is 6.17. The Morgan fingerprint density at radius 1 is 1.08 bits per heavy atom. The maximum atomic E-state index is 13.9. The first-order valence-corrected chi connectivity index (χ1v) is 9.79. The lowest BCUT2D eigenvalue weighted by Gasteiger charge is -2.25. The molecule has 0 amide bonds. The maximum absolute atomic E-state index is 13.9. The predicted octanol–water partition coefficient (Wildman–Crippen LogP) is 3.47. The van der Waals surface area contributed by atoms with Crippen molar-refractivity contribution in [2.75, 3.05) is 27.2 Å². The summed E-state index contributed by atoms with van der Waals surface area (Å²) in [5, 5.41) is 0.192. The van der Waals surface area contributed by atoms with Crippen LogP contribution in [0.25, 0.3) is 0 Å². The smallest absolute Gasteiger partial charge is 0.281 e. The minimum atomic E-state index is -3.77. The van der Waals surface area contributed by atoms with E-state index in [-0.39, 0.29) is 30.3 Å². The van der Waals surface area contributed by atoms with Crippen molar-refractivity contribution in [2.24, 2.45) is 0 Å². The van der Waals surface area contributed by atoms with Gasteiger partial charge in [0.05, 0.1) is 0 Å². The molecular weight excluding hydrogens is 379 g/mol. The third-order valence-electron chi connectivity index (χ3n) is 3.93. The van der Waals surface area contributed by atoms with Crippen LogP contribution in [0.3, 0.4) is 0 Å². The van der Waals surface area contributed by atoms with E-state index in [1.165, 1.54) is 32.3 Å². The molecule has 0 heterocycles. The van der Waals surface area contributed by atoms with Crippen molar-refractivity contribution in [3.8, 4) is 5.75 Å². The van der Waals surface area contributed by atoms with E-state index in [0.717, 1.165) is 14.2 Å². The van der Waals surface area contributed by atoms with Gasteiger partial charge in [0.15, 0.2) is 0 Å². The summed E-state index contributed by atoms with van der Waals surface area (Å²) < 4.78 is 46.8. The Morgan fingerprint density at radius 2 is 1.73 bits per heavy atom. The highest BCUT2D eigenvalue weighted by Gasteiger charge is 2.25. The largest absolute Gasteiger partial charge is 0.492 e. The van der Waals surface area contributed by atoms with E-state index in [2.05, 4.69) is 0 Å². The Morgan fingerprint density at radius 3 is 2.35 bits per heavy atom. The molecule has 0 aromatic heterocycles. The average molecular weight is 401 g/mol. The Bertz CT molecular complexity index is 824. The number of likely N-dealkylation sites (N-methyl/N-ethyl adjacent to an activating group) is 1. The Hall–Kier alpha value is -1.67. The summed E-state index contributed by atoms with van der Waals surface area (Å²) in [6.07, 6.45) is 0. The lowest BCUT2D eigenvalue weighted by atomic mass is 10.2. The minimum Gasteiger partial charge on any atom is -0.492 e. The molecule has 2 aromatic carbocycles. The third kappa shape index (κ3) is 5.17. The minimum absolute atomic E-state index is 0.143. The van der Waals surface area contributed by atoms with Crippen LogP contribution in [0.5, 0.6) is 5.75 Å². The van der Waals surface area contributed by atoms with E-state index in [4.69, 9.17) is 16.3 Å². The fourth-order valence-electron chi connectivity index (χ4n) is 2.27. The summed E-state index contributed by atoms with van der Waals surface area (Å²) >= 11 is 5.97. The summed E-state index contributed by atoms with van der Waals surface area (Å²) in [6.45, 7) is 2.18. The van der Waals surface area contributed by atoms with E-state index in [9.17, 15) is 12.8 Å². The first-order chi connectivity index (χ1) is 12.2. The van der Waals surface area contributed by atoms with Gasteiger partial charge in [-0.3, -0.25) is 0 Å². The highest BCUT2D eigenvalue weighted by Crippen LogP contribution is 2.22. The number of aryl methyl sites for hydroxylation is 1. The summed E-state index contributed by atoms with van der Waals surface area (Å²) in [4.78, 5) is 0. The lowest BCUT2D eigenvalue weighted by Crippen LogP contribution is -2.41. The van der Waals surface area contributed by atoms with E-state index < -0.39 is 16.0 Å². The fourth-order valence-corrected chi connectivity index (χ4v) is 3.56. The summed E-state index contributed by atoms with van der Waals surface area (Å²) in [6, 6.07) is 11.8. The molecule has 0 aliphatic carbocycles. The van der Waals surface area contributed by atoms with Crippen molar-refractivity contribution >= 4 is 21.8 Å². The molecule has 0 unspecified atom stereocenters. The summed E-state index contributed by atoms with van der Waals surface area (Å²) in [5.41, 5.74) is 1.26. The molecule has 26 heavy (non-hydrogen) atoms. The molecule has 0 saturated carbocycles. The lowest BCUT2D eigenvalue weighted by molar-refractivity contribution is 0.278. The topological polar surface area (TPSA) is 49.9 Å². The van der Waals surface area contributed by atoms with E-state index >= 15 is 0 Å². The predicted molar refractivity (Wildman–Crippen MR) is 101 cm³/mol. The highest BCUT2D eigenvalue weighted by molar-refractivity contribution is 7.86. The molecule has 2 aromatic rings. The van der Waals surface area contributed by atoms with Crippen molar-refractivity contribution in [3.63, 3.8) is 0 Å². The van der Waals surface area contributed by atoms with Crippen LogP contribution in [-0.4, -0.2) is 44.3 Å². The molecule has 0 saturated heterocycles. The molecule has 142 valence electrons. The molecule has 0 aliphatic rings. The van der Waals surface area contributed by atoms with Crippen molar-refractivity contribution < 1.29 is 17.5 Å². The number of ether oxygens (including phenoxy) is 1. The van der Waals surface area contributed by atoms with Gasteiger partial charge in [-0.05, 0) is 31.2 Å². The fraction of sp³-hybridized carbons (Fsp3) is 0.333. The number of halogens is 2. The van der Waals surface area contributed by atoms with Crippen molar-refractivity contribution in [1.29, 1.82) is 0 Å². The van der Waals surface area contributed by atoms with Gasteiger partial charge in [-0.2, -0.15) is 17.0 Å². The highest BCUT2D eigenvalue weighted by atomic mass is 35.5. The van der Waals surface area contributed by atoms with Crippen molar-refractivity contribution in [3.05, 3.63) is 64.4 Å². The molecule has 0 atom stereocenters. The zero-order chi connectivity index (χ0) is 19.3. The van der Waals surface area contributed by atoms with Gasteiger partial charge in [-0.1, -0.05) is 35.4 Å². The number of nitrogens with zero attached hydrogens (tertiary/aromatic N) is 2. The standard InChI is InChI=1S/C18H22ClFN2O3S/c1-14-7-9-15(10-8-14)25-12-11-21(2)26(23,24)22(3)13-16-17(19)5-4-6-18(16)20/h4-10H,11-13H2,1-3H3. The average Bonchev–Trinajstić information content (AvgIpc) is 2.59. The molecule has 0 bridgehead atoms. The molecule has 8 heteroatoms. The van der Waals surface area contributed by atoms with Crippen LogP contribution < -0.4 is 4.74 Å². The Labute approximate surface area is 159 Å². The van der Waals surface area contributed by atoms with Crippen LogP contribution in [0.15, 0.2) is 42.5 Å². The first-order valence-electron chi connectivity index (χ1n) is 8.02. The van der Waals surface area contributed by atoms with E-state index in [0.29, 0.717) is 5.75 Å². The van der Waals surface area contributed by atoms with Gasteiger partial charge in [0, 0.05) is 37.8 Å². The van der Waals surface area contributed by atoms with Crippen LogP contribution in [0.1, 0.15) is 11.1 Å². The van der Waals surface area contributed by atoms with Gasteiger partial charge in [0.25, 0.3) is 10.2 Å². The van der Waals surface area contributed by atoms with E-state index in [1.54, 1.807) is 0 Å². The van der Waals surface area contributed by atoms with Crippen LogP contribution in [0.4, 0.5) is 4.39 Å². The monoisotopic (exact) mass is 400 g/mol. The first kappa shape index (κ1) is 20.6. The zero-order valence-corrected chi connectivity index (χ0v) is 16.5. The van der Waals surface area contributed by atoms with Gasteiger partial charge in [-0.25, -0.2) is 4.39 Å². The van der Waals surface area contributed by atoms with Gasteiger partial charge in [0.1, 0.15) is 18.2 Å². The summed E-state index contributed by atoms with van der Waals surface area (Å²) in [5.74, 6) is 0.137. The maximum Gasteiger partial charge on any atom is 0.281 e. The van der Waals surface area contributed by atoms with Crippen LogP contribution in [0.2, 0.25) is 5.02 Å². The number of hydrogen-bond acceptors (Lipinski definition) is 3. The van der Waals surface area contributed by atoms with Gasteiger partial charge in [-0.15, -0.1) is 0 Å². The zero-order valence-electron chi connectivity index (χ0n) is 14.9. The van der Waals surface area contributed by atoms with Crippen LogP contribution >= 0.6 is 11.6 Å². The number of benzene rings is 2. The molecule has 0 fully saturated rings. The Balaban J connectivity index is 1.95. The second kappa shape index (κ2) is 8.81. The number of hydrogen-bond donors (Lipinski definition) is 0. The molecular formula is C18H22ClFN2O3S. The quantitative estimate of drug-likeness (QED) is 0.681. The van der Waals surface area contributed by atoms with Crippen molar-refractivity contribution in [1.82, 2.24) is 8.61 Å². The van der Waals surface area contributed by atoms with Gasteiger partial charge < -0.3 is 4.74 Å². The summed E-state index contributed by atoms with van der Waals surface area (Å²) in [7, 11) is -0.934. The molecule has 0 N–H and O–H groups in total. The molecule has 0 aliphatic heterocycles. The normalized spacial score (nSPS) is 12.0. The van der Waals surface area contributed by atoms with Gasteiger partial charge >= 0.3 is 0 Å². The second-order valence-electron chi connectivity index (χ2n) is 5.95. The number of rotatable bonds is 8. The molecule has 5 nitrogen and oxygen atoms in total. The van der Waals surface area contributed by atoms with Crippen LogP contribution in [0, 0.1) is 12.7 Å². The van der Waals surface area contributed by atoms with Crippen molar-refractivity contribution in [2.45, 2.75) is 13.5 Å². The SMILES string of the molecule is Cc1ccc(OCCN(C)S(=O)(=O)N(C)Cc2c(F)cccc2Cl)cc1. The Kier molecular flexibility index (Phi) is 7.00. The molecule has 0 spiro atoms. The van der Waals surface area contributed by atoms with Gasteiger partial charge in [0.2, 0.25) is 0 Å². The molecule has 2 rings (SSSR count). The van der Waals surface area contributed by atoms with Crippen LogP contribution in [-0.2, 0) is 16.8 Å². The molecule has 0 radical (unpaired) electrons. The van der Waals surface area contributed by atoms with E-state index in [1.807, 2.05) is 31.2 Å².